The Bertz CT molecular complexity index is 283. The van der Waals surface area contributed by atoms with Crippen LogP contribution in [0.25, 0.3) is 0 Å². The number of likely N-dealkylation sites (tertiary alicyclic amines) is 1. The average Bonchev–Trinajstić information content (AvgIpc) is 3.03. The van der Waals surface area contributed by atoms with Gasteiger partial charge in [-0.25, -0.2) is 0 Å². The molecule has 1 rings (SSSR count). The molecule has 1 aliphatic heterocycles. The first-order valence-corrected chi connectivity index (χ1v) is 8.39. The molecule has 5 heteroatoms. The topological polar surface area (TPSA) is 67.6 Å². The fourth-order valence-electron chi connectivity index (χ4n) is 3.26. The first-order valence-electron chi connectivity index (χ1n) is 8.39. The molecular formula is C16H33N3O2. The smallest absolute Gasteiger partial charge is 0.222 e. The Morgan fingerprint density at radius 1 is 1.29 bits per heavy atom. The highest BCUT2D eigenvalue weighted by Crippen LogP contribution is 2.22. The largest absolute Gasteiger partial charge is 0.380 e. The van der Waals surface area contributed by atoms with E-state index in [1.165, 1.54) is 25.9 Å². The van der Waals surface area contributed by atoms with Crippen LogP contribution in [-0.4, -0.2) is 56.2 Å². The molecule has 1 amide bonds. The molecule has 0 aromatic carbocycles. The van der Waals surface area contributed by atoms with E-state index in [0.29, 0.717) is 24.9 Å². The third-order valence-corrected chi connectivity index (χ3v) is 4.72. The van der Waals surface area contributed by atoms with E-state index in [9.17, 15) is 4.79 Å². The summed E-state index contributed by atoms with van der Waals surface area (Å²) in [5, 5.41) is 3.09. The van der Waals surface area contributed by atoms with Crippen molar-refractivity contribution in [3.63, 3.8) is 0 Å². The predicted octanol–water partition coefficient (Wildman–Crippen LogP) is 1.37. The SMILES string of the molecule is CCC(CC)C(CNC(=O)CC(CN)OC)N1CCCC1. The van der Waals surface area contributed by atoms with Crippen LogP contribution < -0.4 is 11.1 Å². The minimum absolute atomic E-state index is 0.0439. The monoisotopic (exact) mass is 299 g/mol. The molecule has 0 aromatic rings. The van der Waals surface area contributed by atoms with E-state index in [1.54, 1.807) is 7.11 Å². The van der Waals surface area contributed by atoms with Crippen LogP contribution in [0, 0.1) is 5.92 Å². The Labute approximate surface area is 129 Å². The van der Waals surface area contributed by atoms with Crippen molar-refractivity contribution >= 4 is 5.91 Å². The number of rotatable bonds is 10. The van der Waals surface area contributed by atoms with Gasteiger partial charge in [0.1, 0.15) is 0 Å². The molecule has 1 heterocycles. The third kappa shape index (κ3) is 5.93. The molecule has 21 heavy (non-hydrogen) atoms. The highest BCUT2D eigenvalue weighted by Gasteiger charge is 2.27. The quantitative estimate of drug-likeness (QED) is 0.639. The van der Waals surface area contributed by atoms with Crippen LogP contribution in [0.4, 0.5) is 0 Å². The second kappa shape index (κ2) is 10.1. The molecule has 2 atom stereocenters. The van der Waals surface area contributed by atoms with E-state index >= 15 is 0 Å². The van der Waals surface area contributed by atoms with Gasteiger partial charge < -0.3 is 15.8 Å². The van der Waals surface area contributed by atoms with Gasteiger partial charge in [0.15, 0.2) is 0 Å². The Hall–Kier alpha value is -0.650. The van der Waals surface area contributed by atoms with Crippen LogP contribution in [0.2, 0.25) is 0 Å². The molecule has 3 N–H and O–H groups in total. The molecule has 2 unspecified atom stereocenters. The molecule has 0 bridgehead atoms. The fourth-order valence-corrected chi connectivity index (χ4v) is 3.26. The number of nitrogens with one attached hydrogen (secondary N) is 1. The zero-order valence-corrected chi connectivity index (χ0v) is 13.9. The summed E-state index contributed by atoms with van der Waals surface area (Å²) in [7, 11) is 1.60. The lowest BCUT2D eigenvalue weighted by Crippen LogP contribution is -2.47. The molecule has 5 nitrogen and oxygen atoms in total. The number of methoxy groups -OCH3 is 1. The number of ether oxygens (including phenoxy) is 1. The third-order valence-electron chi connectivity index (χ3n) is 4.72. The molecular weight excluding hydrogens is 266 g/mol. The van der Waals surface area contributed by atoms with Gasteiger partial charge >= 0.3 is 0 Å². The molecule has 0 spiro atoms. The molecule has 0 aliphatic carbocycles. The van der Waals surface area contributed by atoms with Gasteiger partial charge in [-0.1, -0.05) is 26.7 Å². The molecule has 0 radical (unpaired) electrons. The molecule has 1 aliphatic rings. The van der Waals surface area contributed by atoms with Gasteiger partial charge in [-0.05, 0) is 31.8 Å². The summed E-state index contributed by atoms with van der Waals surface area (Å²) in [4.78, 5) is 14.6. The maximum Gasteiger partial charge on any atom is 0.222 e. The average molecular weight is 299 g/mol. The van der Waals surface area contributed by atoms with Gasteiger partial charge in [0.2, 0.25) is 5.91 Å². The normalized spacial score (nSPS) is 18.9. The number of nitrogens with zero attached hydrogens (tertiary/aromatic N) is 1. The number of nitrogens with two attached hydrogens (primary N) is 1. The zero-order valence-electron chi connectivity index (χ0n) is 13.9. The Balaban J connectivity index is 2.50. The summed E-state index contributed by atoms with van der Waals surface area (Å²) in [5.74, 6) is 0.693. The molecule has 124 valence electrons. The van der Waals surface area contributed by atoms with E-state index < -0.39 is 0 Å². The number of hydrogen-bond acceptors (Lipinski definition) is 4. The van der Waals surface area contributed by atoms with Crippen LogP contribution in [0.3, 0.4) is 0 Å². The van der Waals surface area contributed by atoms with E-state index in [1.807, 2.05) is 0 Å². The van der Waals surface area contributed by atoms with Gasteiger partial charge in [0.05, 0.1) is 12.5 Å². The van der Waals surface area contributed by atoms with Crippen molar-refractivity contribution in [2.24, 2.45) is 11.7 Å². The minimum atomic E-state index is -0.177. The van der Waals surface area contributed by atoms with E-state index in [0.717, 1.165) is 19.4 Å². The van der Waals surface area contributed by atoms with Gasteiger partial charge in [0.25, 0.3) is 0 Å². The van der Waals surface area contributed by atoms with Crippen molar-refractivity contribution in [1.82, 2.24) is 10.2 Å². The summed E-state index contributed by atoms with van der Waals surface area (Å²) < 4.78 is 5.17. The molecule has 0 aromatic heterocycles. The highest BCUT2D eigenvalue weighted by atomic mass is 16.5. The zero-order chi connectivity index (χ0) is 15.7. The standard InChI is InChI=1S/C16H33N3O2/c1-4-13(5-2)15(19-8-6-7-9-19)12-18-16(20)10-14(11-17)21-3/h13-15H,4-12,17H2,1-3H3,(H,18,20). The van der Waals surface area contributed by atoms with E-state index in [-0.39, 0.29) is 12.0 Å². The fraction of sp³-hybridized carbons (Fsp3) is 0.938. The lowest BCUT2D eigenvalue weighted by molar-refractivity contribution is -0.123. The lowest BCUT2D eigenvalue weighted by Gasteiger charge is -2.34. The van der Waals surface area contributed by atoms with Crippen LogP contribution in [0.15, 0.2) is 0 Å². The van der Waals surface area contributed by atoms with Crippen molar-refractivity contribution in [2.45, 2.75) is 58.1 Å². The Kier molecular flexibility index (Phi) is 8.88. The summed E-state index contributed by atoms with van der Waals surface area (Å²) in [6.45, 7) is 7.95. The number of carbonyl (C=O) groups is 1. The highest BCUT2D eigenvalue weighted by molar-refractivity contribution is 5.76. The first-order chi connectivity index (χ1) is 10.2. The molecule has 0 saturated carbocycles. The first kappa shape index (κ1) is 18.4. The van der Waals surface area contributed by atoms with E-state index in [4.69, 9.17) is 10.5 Å². The predicted molar refractivity (Wildman–Crippen MR) is 86.1 cm³/mol. The van der Waals surface area contributed by atoms with Crippen molar-refractivity contribution in [1.29, 1.82) is 0 Å². The van der Waals surface area contributed by atoms with Crippen LogP contribution in [0.5, 0.6) is 0 Å². The minimum Gasteiger partial charge on any atom is -0.380 e. The number of amides is 1. The summed E-state index contributed by atoms with van der Waals surface area (Å²) in [6, 6.07) is 0.463. The van der Waals surface area contributed by atoms with Crippen LogP contribution in [0.1, 0.15) is 46.0 Å². The van der Waals surface area contributed by atoms with Crippen molar-refractivity contribution < 1.29 is 9.53 Å². The van der Waals surface area contributed by atoms with Gasteiger partial charge in [-0.15, -0.1) is 0 Å². The summed E-state index contributed by atoms with van der Waals surface area (Å²) >= 11 is 0. The van der Waals surface area contributed by atoms with Gasteiger partial charge in [-0.3, -0.25) is 9.69 Å². The maximum atomic E-state index is 12.0. The molecule has 1 saturated heterocycles. The summed E-state index contributed by atoms with van der Waals surface area (Å²) in [6.07, 6.45) is 5.06. The van der Waals surface area contributed by atoms with Crippen molar-refractivity contribution in [3.8, 4) is 0 Å². The lowest BCUT2D eigenvalue weighted by atomic mass is 9.93. The summed E-state index contributed by atoms with van der Waals surface area (Å²) in [5.41, 5.74) is 5.57. The number of hydrogen-bond donors (Lipinski definition) is 2. The maximum absolute atomic E-state index is 12.0. The van der Waals surface area contributed by atoms with Gasteiger partial charge in [-0.2, -0.15) is 0 Å². The van der Waals surface area contributed by atoms with Crippen molar-refractivity contribution in [2.75, 3.05) is 33.3 Å². The Morgan fingerprint density at radius 2 is 1.90 bits per heavy atom. The molecule has 1 fully saturated rings. The Morgan fingerprint density at radius 3 is 2.38 bits per heavy atom. The number of carbonyl (C=O) groups excluding carboxylic acids is 1. The van der Waals surface area contributed by atoms with Gasteiger partial charge in [0, 0.05) is 26.2 Å². The van der Waals surface area contributed by atoms with E-state index in [2.05, 4.69) is 24.1 Å². The second-order valence-corrected chi connectivity index (χ2v) is 5.99. The van der Waals surface area contributed by atoms with Crippen LogP contribution in [-0.2, 0) is 9.53 Å². The van der Waals surface area contributed by atoms with Crippen LogP contribution >= 0.6 is 0 Å². The van der Waals surface area contributed by atoms with Crippen molar-refractivity contribution in [3.05, 3.63) is 0 Å². The second-order valence-electron chi connectivity index (χ2n) is 5.99.